The largest absolute Gasteiger partial charge is 0.376 e. The minimum absolute atomic E-state index is 0.0183. The molecule has 1 aromatic heterocycles. The van der Waals surface area contributed by atoms with Crippen LogP contribution < -0.4 is 10.6 Å². The summed E-state index contributed by atoms with van der Waals surface area (Å²) in [5.41, 5.74) is 1.95. The topological polar surface area (TPSA) is 88.9 Å². The molecule has 0 aliphatic heterocycles. The summed E-state index contributed by atoms with van der Waals surface area (Å²) in [5.74, 6) is 0.716. The first-order valence-electron chi connectivity index (χ1n) is 9.52. The zero-order valence-electron chi connectivity index (χ0n) is 17.0. The van der Waals surface area contributed by atoms with Crippen LogP contribution in [-0.4, -0.2) is 32.2 Å². The second-order valence-corrected chi connectivity index (χ2v) is 8.38. The molecule has 0 saturated carbocycles. The molecule has 1 amide bonds. The number of carbonyl (C=O) groups excluding carboxylic acids is 2. The molecule has 0 aliphatic rings. The molecule has 3 rings (SSSR count). The number of hydrogen-bond acceptors (Lipinski definition) is 6. The van der Waals surface area contributed by atoms with Crippen LogP contribution in [0.15, 0.2) is 47.6 Å². The summed E-state index contributed by atoms with van der Waals surface area (Å²) < 4.78 is 1.94. The third kappa shape index (κ3) is 6.22. The molecular weight excluding hydrogens is 457 g/mol. The molecule has 0 spiro atoms. The van der Waals surface area contributed by atoms with E-state index in [1.807, 2.05) is 11.5 Å². The van der Waals surface area contributed by atoms with Crippen molar-refractivity contribution in [2.75, 3.05) is 16.4 Å². The fraction of sp³-hybridized carbons (Fsp3) is 0.238. The minimum Gasteiger partial charge on any atom is -0.376 e. The van der Waals surface area contributed by atoms with Crippen molar-refractivity contribution in [2.24, 2.45) is 0 Å². The zero-order chi connectivity index (χ0) is 22.4. The second kappa shape index (κ2) is 10.7. The quantitative estimate of drug-likeness (QED) is 0.327. The SMILES string of the molecule is CCn1c(CNc2cc(Cl)ccc2Cl)nnc1SCC(=O)Nc1ccc(C(C)=O)cc1. The summed E-state index contributed by atoms with van der Waals surface area (Å²) in [7, 11) is 0. The number of amides is 1. The van der Waals surface area contributed by atoms with Gasteiger partial charge in [0.2, 0.25) is 5.91 Å². The van der Waals surface area contributed by atoms with Crippen molar-refractivity contribution in [3.8, 4) is 0 Å². The second-order valence-electron chi connectivity index (χ2n) is 6.59. The van der Waals surface area contributed by atoms with Gasteiger partial charge in [-0.25, -0.2) is 0 Å². The molecule has 1 heterocycles. The maximum atomic E-state index is 12.3. The average molecular weight is 478 g/mol. The van der Waals surface area contributed by atoms with E-state index < -0.39 is 0 Å². The first kappa shape index (κ1) is 23.1. The number of halogens is 2. The fourth-order valence-corrected chi connectivity index (χ4v) is 3.97. The van der Waals surface area contributed by atoms with Crippen molar-refractivity contribution < 1.29 is 9.59 Å². The lowest BCUT2D eigenvalue weighted by atomic mass is 10.1. The number of benzene rings is 2. The molecule has 3 aromatic rings. The lowest BCUT2D eigenvalue weighted by molar-refractivity contribution is -0.113. The van der Waals surface area contributed by atoms with Gasteiger partial charge in [-0.15, -0.1) is 10.2 Å². The number of thioether (sulfide) groups is 1. The number of anilines is 2. The van der Waals surface area contributed by atoms with Gasteiger partial charge < -0.3 is 15.2 Å². The minimum atomic E-state index is -0.170. The van der Waals surface area contributed by atoms with E-state index in [0.717, 1.165) is 5.82 Å². The number of carbonyl (C=O) groups is 2. The molecule has 0 atom stereocenters. The first-order chi connectivity index (χ1) is 14.9. The molecule has 7 nitrogen and oxygen atoms in total. The smallest absolute Gasteiger partial charge is 0.234 e. The number of rotatable bonds is 9. The Hall–Kier alpha value is -2.55. The Morgan fingerprint density at radius 1 is 1.10 bits per heavy atom. The summed E-state index contributed by atoms with van der Waals surface area (Å²) in [6.45, 7) is 4.56. The van der Waals surface area contributed by atoms with E-state index >= 15 is 0 Å². The number of Topliss-reactive ketones (excluding diaryl/α,β-unsaturated/α-hetero) is 1. The maximum Gasteiger partial charge on any atom is 0.234 e. The van der Waals surface area contributed by atoms with Crippen molar-refractivity contribution in [2.45, 2.75) is 32.1 Å². The number of hydrogen-bond donors (Lipinski definition) is 2. The number of nitrogens with zero attached hydrogens (tertiary/aromatic N) is 3. The van der Waals surface area contributed by atoms with E-state index in [2.05, 4.69) is 20.8 Å². The summed E-state index contributed by atoms with van der Waals surface area (Å²) in [5, 5.41) is 16.3. The lowest BCUT2D eigenvalue weighted by Crippen LogP contribution is -2.15. The average Bonchev–Trinajstić information content (AvgIpc) is 3.15. The van der Waals surface area contributed by atoms with Gasteiger partial charge in [-0.3, -0.25) is 9.59 Å². The predicted molar refractivity (Wildman–Crippen MR) is 125 cm³/mol. The highest BCUT2D eigenvalue weighted by atomic mass is 35.5. The van der Waals surface area contributed by atoms with Gasteiger partial charge in [-0.05, 0) is 56.3 Å². The van der Waals surface area contributed by atoms with Crippen LogP contribution in [0.2, 0.25) is 10.0 Å². The van der Waals surface area contributed by atoms with E-state index in [1.54, 1.807) is 42.5 Å². The van der Waals surface area contributed by atoms with Crippen LogP contribution in [-0.2, 0) is 17.9 Å². The van der Waals surface area contributed by atoms with E-state index in [-0.39, 0.29) is 17.4 Å². The van der Waals surface area contributed by atoms with Crippen LogP contribution in [0, 0.1) is 0 Å². The molecule has 0 aliphatic carbocycles. The monoisotopic (exact) mass is 477 g/mol. The fourth-order valence-electron chi connectivity index (χ4n) is 2.80. The van der Waals surface area contributed by atoms with Crippen molar-refractivity contribution in [3.63, 3.8) is 0 Å². The molecule has 0 unspecified atom stereocenters. The lowest BCUT2D eigenvalue weighted by Gasteiger charge is -2.10. The van der Waals surface area contributed by atoms with Crippen LogP contribution in [0.3, 0.4) is 0 Å². The van der Waals surface area contributed by atoms with Crippen molar-refractivity contribution in [1.82, 2.24) is 14.8 Å². The summed E-state index contributed by atoms with van der Waals surface area (Å²) in [6, 6.07) is 12.0. The Morgan fingerprint density at radius 2 is 1.84 bits per heavy atom. The molecular formula is C21H21Cl2N5O2S. The summed E-state index contributed by atoms with van der Waals surface area (Å²) >= 11 is 13.5. The van der Waals surface area contributed by atoms with Gasteiger partial charge in [0.1, 0.15) is 0 Å². The number of ketones is 1. The van der Waals surface area contributed by atoms with Crippen molar-refractivity contribution in [1.29, 1.82) is 0 Å². The van der Waals surface area contributed by atoms with Gasteiger partial charge in [-0.2, -0.15) is 0 Å². The van der Waals surface area contributed by atoms with Crippen LogP contribution in [0.5, 0.6) is 0 Å². The maximum absolute atomic E-state index is 12.3. The Labute approximate surface area is 194 Å². The third-order valence-corrected chi connectivity index (χ3v) is 5.91. The van der Waals surface area contributed by atoms with Gasteiger partial charge in [0.15, 0.2) is 16.8 Å². The van der Waals surface area contributed by atoms with Gasteiger partial charge in [-0.1, -0.05) is 35.0 Å². The molecule has 0 saturated heterocycles. The molecule has 31 heavy (non-hydrogen) atoms. The Balaban J connectivity index is 1.58. The normalized spacial score (nSPS) is 10.7. The number of nitrogens with one attached hydrogen (secondary N) is 2. The highest BCUT2D eigenvalue weighted by Crippen LogP contribution is 2.26. The van der Waals surface area contributed by atoms with E-state index in [0.29, 0.717) is 45.2 Å². The van der Waals surface area contributed by atoms with E-state index in [4.69, 9.17) is 23.2 Å². The van der Waals surface area contributed by atoms with E-state index in [1.165, 1.54) is 18.7 Å². The first-order valence-corrected chi connectivity index (χ1v) is 11.3. The molecule has 0 radical (unpaired) electrons. The molecule has 2 aromatic carbocycles. The zero-order valence-corrected chi connectivity index (χ0v) is 19.3. The molecule has 2 N–H and O–H groups in total. The van der Waals surface area contributed by atoms with Gasteiger partial charge in [0.25, 0.3) is 0 Å². The highest BCUT2D eigenvalue weighted by Gasteiger charge is 2.14. The molecule has 162 valence electrons. The van der Waals surface area contributed by atoms with E-state index in [9.17, 15) is 9.59 Å². The summed E-state index contributed by atoms with van der Waals surface area (Å²) in [4.78, 5) is 23.6. The van der Waals surface area contributed by atoms with Crippen molar-refractivity contribution in [3.05, 3.63) is 63.9 Å². The number of aromatic nitrogens is 3. The van der Waals surface area contributed by atoms with Crippen LogP contribution in [0.25, 0.3) is 0 Å². The van der Waals surface area contributed by atoms with Crippen molar-refractivity contribution >= 4 is 58.0 Å². The Bertz CT molecular complexity index is 1090. The third-order valence-electron chi connectivity index (χ3n) is 4.38. The van der Waals surface area contributed by atoms with Crippen LogP contribution >= 0.6 is 35.0 Å². The van der Waals surface area contributed by atoms with Gasteiger partial charge in [0.05, 0.1) is 23.0 Å². The standard InChI is InChI=1S/C21H21Cl2N5O2S/c1-3-28-19(11-24-18-10-15(22)6-9-17(18)23)26-27-21(28)31-12-20(30)25-16-7-4-14(5-8-16)13(2)29/h4-10,24H,3,11-12H2,1-2H3,(H,25,30). The Kier molecular flexibility index (Phi) is 7.95. The molecule has 10 heteroatoms. The van der Waals surface area contributed by atoms with Gasteiger partial charge in [0, 0.05) is 22.8 Å². The van der Waals surface area contributed by atoms with Crippen LogP contribution in [0.4, 0.5) is 11.4 Å². The molecule has 0 bridgehead atoms. The van der Waals surface area contributed by atoms with Gasteiger partial charge >= 0.3 is 0 Å². The Morgan fingerprint density at radius 3 is 2.52 bits per heavy atom. The molecule has 0 fully saturated rings. The van der Waals surface area contributed by atoms with Crippen LogP contribution in [0.1, 0.15) is 30.0 Å². The highest BCUT2D eigenvalue weighted by molar-refractivity contribution is 7.99. The summed E-state index contributed by atoms with van der Waals surface area (Å²) in [6.07, 6.45) is 0. The predicted octanol–water partition coefficient (Wildman–Crippen LogP) is 5.15.